The lowest BCUT2D eigenvalue weighted by molar-refractivity contribution is 0.0419. The maximum atomic E-state index is 9.61. The molecule has 0 fully saturated rings. The van der Waals surface area contributed by atoms with Crippen molar-refractivity contribution in [1.82, 2.24) is 4.90 Å². The molecule has 0 aliphatic heterocycles. The van der Waals surface area contributed by atoms with Gasteiger partial charge in [0.15, 0.2) is 0 Å². The molecule has 1 aromatic carbocycles. The number of likely N-dealkylation sites (N-methyl/N-ethyl adjacent to an activating group) is 1. The van der Waals surface area contributed by atoms with Gasteiger partial charge < -0.3 is 14.6 Å². The highest BCUT2D eigenvalue weighted by Crippen LogP contribution is 2.13. The lowest BCUT2D eigenvalue weighted by Crippen LogP contribution is -2.31. The van der Waals surface area contributed by atoms with E-state index in [1.807, 2.05) is 31.3 Å². The predicted molar refractivity (Wildman–Crippen MR) is 67.2 cm³/mol. The van der Waals surface area contributed by atoms with Crippen LogP contribution >= 0.6 is 0 Å². The van der Waals surface area contributed by atoms with Gasteiger partial charge in [-0.25, -0.2) is 0 Å². The second-order valence-electron chi connectivity index (χ2n) is 4.16. The van der Waals surface area contributed by atoms with Crippen molar-refractivity contribution in [3.8, 4) is 5.75 Å². The van der Waals surface area contributed by atoms with E-state index in [4.69, 9.17) is 9.47 Å². The molecular formula is C13H21NO3. The lowest BCUT2D eigenvalue weighted by atomic mass is 10.2. The van der Waals surface area contributed by atoms with Crippen LogP contribution in [0.4, 0.5) is 0 Å². The van der Waals surface area contributed by atoms with Crippen LogP contribution in [0.25, 0.3) is 0 Å². The van der Waals surface area contributed by atoms with Crippen LogP contribution in [0.1, 0.15) is 5.56 Å². The van der Waals surface area contributed by atoms with Crippen molar-refractivity contribution in [3.05, 3.63) is 29.8 Å². The van der Waals surface area contributed by atoms with Crippen LogP contribution in [-0.2, 0) is 11.3 Å². The first-order chi connectivity index (χ1) is 8.15. The van der Waals surface area contributed by atoms with Crippen molar-refractivity contribution in [2.75, 3.05) is 34.4 Å². The Kier molecular flexibility index (Phi) is 5.97. The van der Waals surface area contributed by atoms with Crippen LogP contribution in [0.3, 0.4) is 0 Å². The van der Waals surface area contributed by atoms with Gasteiger partial charge in [-0.2, -0.15) is 0 Å². The number of benzene rings is 1. The first-order valence-corrected chi connectivity index (χ1v) is 5.64. The Morgan fingerprint density at radius 2 is 2.12 bits per heavy atom. The van der Waals surface area contributed by atoms with E-state index < -0.39 is 6.10 Å². The average Bonchev–Trinajstić information content (AvgIpc) is 2.29. The topological polar surface area (TPSA) is 41.9 Å². The van der Waals surface area contributed by atoms with E-state index in [-0.39, 0.29) is 0 Å². The van der Waals surface area contributed by atoms with Crippen LogP contribution in [0.5, 0.6) is 5.75 Å². The van der Waals surface area contributed by atoms with E-state index in [1.165, 1.54) is 0 Å². The normalized spacial score (nSPS) is 12.8. The van der Waals surface area contributed by atoms with Gasteiger partial charge in [-0.1, -0.05) is 12.1 Å². The molecule has 4 heteroatoms. The van der Waals surface area contributed by atoms with Gasteiger partial charge in [-0.05, 0) is 24.7 Å². The number of methoxy groups -OCH3 is 2. The molecule has 4 nitrogen and oxygen atoms in total. The van der Waals surface area contributed by atoms with Crippen molar-refractivity contribution in [2.45, 2.75) is 12.6 Å². The second kappa shape index (κ2) is 7.27. The van der Waals surface area contributed by atoms with E-state index in [1.54, 1.807) is 14.2 Å². The molecule has 1 unspecified atom stereocenters. The summed E-state index contributed by atoms with van der Waals surface area (Å²) < 4.78 is 10.1. The van der Waals surface area contributed by atoms with Gasteiger partial charge in [0.1, 0.15) is 5.75 Å². The standard InChI is InChI=1S/C13H21NO3/c1-14(9-12(15)10-16-2)8-11-5-4-6-13(7-11)17-3/h4-7,12,15H,8-10H2,1-3H3. The molecule has 0 aromatic heterocycles. The summed E-state index contributed by atoms with van der Waals surface area (Å²) in [5, 5.41) is 9.61. The number of aliphatic hydroxyl groups is 1. The van der Waals surface area contributed by atoms with E-state index in [2.05, 4.69) is 4.90 Å². The first-order valence-electron chi connectivity index (χ1n) is 5.64. The van der Waals surface area contributed by atoms with Crippen LogP contribution in [0.2, 0.25) is 0 Å². The summed E-state index contributed by atoms with van der Waals surface area (Å²) in [4.78, 5) is 2.05. The molecule has 0 heterocycles. The van der Waals surface area contributed by atoms with Gasteiger partial charge in [0.05, 0.1) is 19.8 Å². The highest BCUT2D eigenvalue weighted by molar-refractivity contribution is 5.28. The summed E-state index contributed by atoms with van der Waals surface area (Å²) >= 11 is 0. The summed E-state index contributed by atoms with van der Waals surface area (Å²) in [6, 6.07) is 7.93. The maximum absolute atomic E-state index is 9.61. The molecule has 0 saturated carbocycles. The fourth-order valence-corrected chi connectivity index (χ4v) is 1.75. The Morgan fingerprint density at radius 1 is 1.35 bits per heavy atom. The average molecular weight is 239 g/mol. The molecule has 0 spiro atoms. The molecule has 0 aliphatic carbocycles. The Labute approximate surface area is 103 Å². The Hall–Kier alpha value is -1.10. The zero-order chi connectivity index (χ0) is 12.7. The summed E-state index contributed by atoms with van der Waals surface area (Å²) in [5.74, 6) is 0.855. The zero-order valence-corrected chi connectivity index (χ0v) is 10.7. The lowest BCUT2D eigenvalue weighted by Gasteiger charge is -2.20. The smallest absolute Gasteiger partial charge is 0.119 e. The van der Waals surface area contributed by atoms with Gasteiger partial charge in [0.25, 0.3) is 0 Å². The minimum Gasteiger partial charge on any atom is -0.497 e. The highest BCUT2D eigenvalue weighted by Gasteiger charge is 2.08. The van der Waals surface area contributed by atoms with Crippen LogP contribution in [0.15, 0.2) is 24.3 Å². The fourth-order valence-electron chi connectivity index (χ4n) is 1.75. The van der Waals surface area contributed by atoms with Gasteiger partial charge in [0, 0.05) is 20.2 Å². The first kappa shape index (κ1) is 14.0. The van der Waals surface area contributed by atoms with Gasteiger partial charge >= 0.3 is 0 Å². The molecule has 0 saturated heterocycles. The monoisotopic (exact) mass is 239 g/mol. The second-order valence-corrected chi connectivity index (χ2v) is 4.16. The van der Waals surface area contributed by atoms with Crippen LogP contribution in [0, 0.1) is 0 Å². The number of nitrogens with zero attached hydrogens (tertiary/aromatic N) is 1. The largest absolute Gasteiger partial charge is 0.497 e. The molecule has 0 radical (unpaired) electrons. The minimum absolute atomic E-state index is 0.364. The third kappa shape index (κ3) is 5.17. The van der Waals surface area contributed by atoms with Crippen molar-refractivity contribution in [3.63, 3.8) is 0 Å². The number of ether oxygens (including phenoxy) is 2. The van der Waals surface area contributed by atoms with Crippen molar-refractivity contribution < 1.29 is 14.6 Å². The molecule has 0 bridgehead atoms. The van der Waals surface area contributed by atoms with Gasteiger partial charge in [-0.3, -0.25) is 4.90 Å². The molecule has 96 valence electrons. The van der Waals surface area contributed by atoms with Crippen molar-refractivity contribution in [1.29, 1.82) is 0 Å². The fraction of sp³-hybridized carbons (Fsp3) is 0.538. The zero-order valence-electron chi connectivity index (χ0n) is 10.7. The quantitative estimate of drug-likeness (QED) is 0.774. The number of aliphatic hydroxyl groups excluding tert-OH is 1. The third-order valence-electron chi connectivity index (χ3n) is 2.47. The van der Waals surface area contributed by atoms with E-state index in [9.17, 15) is 5.11 Å². The third-order valence-corrected chi connectivity index (χ3v) is 2.47. The Bertz CT molecular complexity index is 330. The number of hydrogen-bond acceptors (Lipinski definition) is 4. The Morgan fingerprint density at radius 3 is 2.76 bits per heavy atom. The molecule has 1 N–H and O–H groups in total. The molecule has 0 amide bonds. The van der Waals surface area contributed by atoms with E-state index >= 15 is 0 Å². The SMILES string of the molecule is COCC(O)CN(C)Cc1cccc(OC)c1. The van der Waals surface area contributed by atoms with Crippen molar-refractivity contribution >= 4 is 0 Å². The molecule has 1 rings (SSSR count). The summed E-state index contributed by atoms with van der Waals surface area (Å²) in [6.07, 6.45) is -0.449. The molecular weight excluding hydrogens is 218 g/mol. The number of rotatable bonds is 7. The predicted octanol–water partition coefficient (Wildman–Crippen LogP) is 1.13. The van der Waals surface area contributed by atoms with Crippen LogP contribution < -0.4 is 4.74 Å². The molecule has 0 aliphatic rings. The van der Waals surface area contributed by atoms with Crippen LogP contribution in [-0.4, -0.2) is 50.5 Å². The van der Waals surface area contributed by atoms with Gasteiger partial charge in [0.2, 0.25) is 0 Å². The number of hydrogen-bond donors (Lipinski definition) is 1. The highest BCUT2D eigenvalue weighted by atomic mass is 16.5. The molecule has 1 atom stereocenters. The minimum atomic E-state index is -0.449. The molecule has 1 aromatic rings. The Balaban J connectivity index is 2.46. The summed E-state index contributed by atoms with van der Waals surface area (Å²) in [5.41, 5.74) is 1.16. The summed E-state index contributed by atoms with van der Waals surface area (Å²) in [7, 11) is 5.22. The summed E-state index contributed by atoms with van der Waals surface area (Å²) in [6.45, 7) is 1.73. The van der Waals surface area contributed by atoms with E-state index in [0.717, 1.165) is 17.9 Å². The molecule has 17 heavy (non-hydrogen) atoms. The van der Waals surface area contributed by atoms with Gasteiger partial charge in [-0.15, -0.1) is 0 Å². The van der Waals surface area contributed by atoms with E-state index in [0.29, 0.717) is 13.2 Å². The van der Waals surface area contributed by atoms with Crippen molar-refractivity contribution in [2.24, 2.45) is 0 Å². The maximum Gasteiger partial charge on any atom is 0.119 e.